The van der Waals surface area contributed by atoms with Gasteiger partial charge in [-0.1, -0.05) is 17.7 Å². The zero-order valence-electron chi connectivity index (χ0n) is 11.6. The summed E-state index contributed by atoms with van der Waals surface area (Å²) in [5, 5.41) is 9.12. The Hall–Kier alpha value is -2.59. The minimum atomic E-state index is -4.56. The maximum Gasteiger partial charge on any atom is 0.416 e. The number of pyridine rings is 1. The van der Waals surface area contributed by atoms with E-state index in [0.29, 0.717) is 0 Å². The highest BCUT2D eigenvalue weighted by Crippen LogP contribution is 2.33. The van der Waals surface area contributed by atoms with Crippen LogP contribution in [0, 0.1) is 11.3 Å². The number of halogens is 4. The zero-order chi connectivity index (χ0) is 17.2. The standard InChI is InChI=1S/C15H8ClF3N2O2/c1-23-14(22)13-11(16)4-5-12(21-13)10-3-2-9(15(17,18)19)6-8(10)7-20/h2-6H,1H3. The smallest absolute Gasteiger partial charge is 0.416 e. The summed E-state index contributed by atoms with van der Waals surface area (Å²) in [5.74, 6) is -0.790. The average molecular weight is 341 g/mol. The van der Waals surface area contributed by atoms with E-state index in [1.807, 2.05) is 0 Å². The van der Waals surface area contributed by atoms with Crippen LogP contribution in [-0.4, -0.2) is 18.1 Å². The van der Waals surface area contributed by atoms with Crippen LogP contribution in [0.1, 0.15) is 21.6 Å². The zero-order valence-corrected chi connectivity index (χ0v) is 12.4. The van der Waals surface area contributed by atoms with Crippen molar-refractivity contribution in [2.75, 3.05) is 7.11 Å². The molecule has 0 fully saturated rings. The van der Waals surface area contributed by atoms with Crippen LogP contribution in [0.5, 0.6) is 0 Å². The number of esters is 1. The van der Waals surface area contributed by atoms with Crippen LogP contribution in [-0.2, 0) is 10.9 Å². The van der Waals surface area contributed by atoms with Crippen LogP contribution in [0.4, 0.5) is 13.2 Å². The van der Waals surface area contributed by atoms with Crippen molar-refractivity contribution in [2.45, 2.75) is 6.18 Å². The number of aromatic nitrogens is 1. The van der Waals surface area contributed by atoms with Crippen LogP contribution in [0.3, 0.4) is 0 Å². The van der Waals surface area contributed by atoms with Crippen LogP contribution in [0.2, 0.25) is 5.02 Å². The molecule has 0 N–H and O–H groups in total. The Morgan fingerprint density at radius 1 is 1.30 bits per heavy atom. The van der Waals surface area contributed by atoms with Gasteiger partial charge in [0.2, 0.25) is 0 Å². The summed E-state index contributed by atoms with van der Waals surface area (Å²) in [6.07, 6.45) is -4.56. The molecule has 118 valence electrons. The van der Waals surface area contributed by atoms with E-state index >= 15 is 0 Å². The van der Waals surface area contributed by atoms with E-state index in [9.17, 15) is 18.0 Å². The van der Waals surface area contributed by atoms with Crippen LogP contribution in [0.25, 0.3) is 11.3 Å². The average Bonchev–Trinajstić information content (AvgIpc) is 2.53. The lowest BCUT2D eigenvalue weighted by molar-refractivity contribution is -0.137. The fourth-order valence-electron chi connectivity index (χ4n) is 1.87. The number of carbonyl (C=O) groups excluding carboxylic acids is 1. The Kier molecular flexibility index (Phi) is 4.57. The van der Waals surface area contributed by atoms with E-state index in [1.54, 1.807) is 6.07 Å². The molecule has 0 atom stereocenters. The van der Waals surface area contributed by atoms with Gasteiger partial charge in [-0.3, -0.25) is 0 Å². The third kappa shape index (κ3) is 3.43. The molecule has 0 saturated heterocycles. The summed E-state index contributed by atoms with van der Waals surface area (Å²) in [4.78, 5) is 15.5. The second kappa shape index (κ2) is 6.26. The molecule has 0 bridgehead atoms. The lowest BCUT2D eigenvalue weighted by atomic mass is 10.0. The van der Waals surface area contributed by atoms with Gasteiger partial charge in [0.1, 0.15) is 0 Å². The number of carbonyl (C=O) groups is 1. The minimum absolute atomic E-state index is 0.0334. The summed E-state index contributed by atoms with van der Waals surface area (Å²) in [7, 11) is 1.14. The van der Waals surface area contributed by atoms with Gasteiger partial charge >= 0.3 is 12.1 Å². The Morgan fingerprint density at radius 3 is 2.57 bits per heavy atom. The van der Waals surface area contributed by atoms with Crippen molar-refractivity contribution in [1.29, 1.82) is 5.26 Å². The fraction of sp³-hybridized carbons (Fsp3) is 0.133. The van der Waals surface area contributed by atoms with Crippen molar-refractivity contribution in [2.24, 2.45) is 0 Å². The van der Waals surface area contributed by atoms with Gasteiger partial charge in [0, 0.05) is 5.56 Å². The predicted molar refractivity (Wildman–Crippen MR) is 75.7 cm³/mol. The maximum atomic E-state index is 12.7. The van der Waals surface area contributed by atoms with Gasteiger partial charge in [-0.25, -0.2) is 9.78 Å². The third-order valence-corrected chi connectivity index (χ3v) is 3.27. The van der Waals surface area contributed by atoms with E-state index in [2.05, 4.69) is 9.72 Å². The van der Waals surface area contributed by atoms with Gasteiger partial charge in [0.25, 0.3) is 0 Å². The number of benzene rings is 1. The SMILES string of the molecule is COC(=O)c1nc(-c2ccc(C(F)(F)F)cc2C#N)ccc1Cl. The predicted octanol–water partition coefficient (Wildman–Crippen LogP) is 4.08. The molecule has 0 spiro atoms. The van der Waals surface area contributed by atoms with Crippen molar-refractivity contribution in [3.8, 4) is 17.3 Å². The lowest BCUT2D eigenvalue weighted by Gasteiger charge is -2.10. The number of rotatable bonds is 2. The Labute approximate surface area is 134 Å². The monoisotopic (exact) mass is 340 g/mol. The molecule has 2 aromatic rings. The molecule has 1 heterocycles. The highest BCUT2D eigenvalue weighted by Gasteiger charge is 2.31. The number of hydrogen-bond acceptors (Lipinski definition) is 4. The van der Waals surface area contributed by atoms with Crippen molar-refractivity contribution >= 4 is 17.6 Å². The first-order valence-electron chi connectivity index (χ1n) is 6.14. The van der Waals surface area contributed by atoms with Gasteiger partial charge in [-0.05, 0) is 24.3 Å². The Morgan fingerprint density at radius 2 is 2.00 bits per heavy atom. The first-order chi connectivity index (χ1) is 10.8. The molecule has 0 saturated carbocycles. The molecule has 1 aromatic heterocycles. The highest BCUT2D eigenvalue weighted by atomic mass is 35.5. The second-order valence-electron chi connectivity index (χ2n) is 4.39. The molecule has 0 radical (unpaired) electrons. The quantitative estimate of drug-likeness (QED) is 0.773. The van der Waals surface area contributed by atoms with Crippen LogP contribution in [0.15, 0.2) is 30.3 Å². The van der Waals surface area contributed by atoms with E-state index in [4.69, 9.17) is 16.9 Å². The molecule has 0 amide bonds. The van der Waals surface area contributed by atoms with Crippen LogP contribution >= 0.6 is 11.6 Å². The number of ether oxygens (including phenoxy) is 1. The summed E-state index contributed by atoms with van der Waals surface area (Å²) < 4.78 is 42.6. The fourth-order valence-corrected chi connectivity index (χ4v) is 2.05. The molecule has 0 unspecified atom stereocenters. The maximum absolute atomic E-state index is 12.7. The van der Waals surface area contributed by atoms with Crippen molar-refractivity contribution in [3.63, 3.8) is 0 Å². The molecule has 23 heavy (non-hydrogen) atoms. The van der Waals surface area contributed by atoms with E-state index in [0.717, 1.165) is 25.3 Å². The number of hydrogen-bond donors (Lipinski definition) is 0. The topological polar surface area (TPSA) is 63.0 Å². The lowest BCUT2D eigenvalue weighted by Crippen LogP contribution is -2.07. The van der Waals surface area contributed by atoms with Gasteiger partial charge < -0.3 is 4.74 Å². The second-order valence-corrected chi connectivity index (χ2v) is 4.80. The number of nitrogens with zero attached hydrogens (tertiary/aromatic N) is 2. The summed E-state index contributed by atoms with van der Waals surface area (Å²) in [6, 6.07) is 7.14. The van der Waals surface area contributed by atoms with Gasteiger partial charge in [0.05, 0.1) is 35.0 Å². The van der Waals surface area contributed by atoms with Crippen LogP contribution < -0.4 is 0 Å². The summed E-state index contributed by atoms with van der Waals surface area (Å²) >= 11 is 5.84. The van der Waals surface area contributed by atoms with Crippen molar-refractivity contribution < 1.29 is 22.7 Å². The molecular formula is C15H8ClF3N2O2. The molecule has 8 heteroatoms. The molecule has 1 aromatic carbocycles. The number of nitriles is 1. The summed E-state index contributed by atoms with van der Waals surface area (Å²) in [6.45, 7) is 0. The van der Waals surface area contributed by atoms with E-state index < -0.39 is 17.7 Å². The Bertz CT molecular complexity index is 813. The Balaban J connectivity index is 2.59. The van der Waals surface area contributed by atoms with E-state index in [1.165, 1.54) is 12.1 Å². The summed E-state index contributed by atoms with van der Waals surface area (Å²) in [5.41, 5.74) is -1.05. The minimum Gasteiger partial charge on any atom is -0.464 e. The highest BCUT2D eigenvalue weighted by molar-refractivity contribution is 6.33. The largest absolute Gasteiger partial charge is 0.464 e. The molecule has 0 aliphatic carbocycles. The van der Waals surface area contributed by atoms with Gasteiger partial charge in [-0.15, -0.1) is 0 Å². The molecule has 2 rings (SSSR count). The molecular weight excluding hydrogens is 333 g/mol. The number of alkyl halides is 3. The van der Waals surface area contributed by atoms with Gasteiger partial charge in [0.15, 0.2) is 5.69 Å². The molecule has 0 aliphatic rings. The normalized spacial score (nSPS) is 11.0. The van der Waals surface area contributed by atoms with Gasteiger partial charge in [-0.2, -0.15) is 18.4 Å². The van der Waals surface area contributed by atoms with Crippen molar-refractivity contribution in [1.82, 2.24) is 4.98 Å². The first kappa shape index (κ1) is 16.8. The van der Waals surface area contributed by atoms with Crippen molar-refractivity contribution in [3.05, 3.63) is 52.2 Å². The molecule has 4 nitrogen and oxygen atoms in total. The van der Waals surface area contributed by atoms with E-state index in [-0.39, 0.29) is 27.5 Å². The first-order valence-corrected chi connectivity index (χ1v) is 6.52. The third-order valence-electron chi connectivity index (χ3n) is 2.97. The number of methoxy groups -OCH3 is 1. The molecule has 0 aliphatic heterocycles.